The summed E-state index contributed by atoms with van der Waals surface area (Å²) in [4.78, 5) is 0. The number of hydrogen-bond donors (Lipinski definition) is 3. The topological polar surface area (TPSA) is 60.7 Å². The Morgan fingerprint density at radius 1 is 0.848 bits per heavy atom. The number of aliphatic hydroxyl groups is 3. The Kier molecular flexibility index (Phi) is 6.33. The fraction of sp³-hybridized carbons (Fsp3) is 0.867. The van der Waals surface area contributed by atoms with Gasteiger partial charge in [0.05, 0.1) is 12.2 Å². The Morgan fingerprint density at radius 2 is 1.52 bits per heavy atom. The van der Waals surface area contributed by atoms with E-state index < -0.39 is 11.7 Å². The molecule has 4 rings (SSSR count). The van der Waals surface area contributed by atoms with E-state index in [1.54, 1.807) is 0 Å². The first-order valence-corrected chi connectivity index (χ1v) is 13.7. The molecular weight excluding hydrogens is 408 g/mol. The molecule has 0 radical (unpaired) electrons. The van der Waals surface area contributed by atoms with Crippen molar-refractivity contribution in [2.24, 2.45) is 45.8 Å². The van der Waals surface area contributed by atoms with Gasteiger partial charge in [-0.2, -0.15) is 0 Å². The zero-order chi connectivity index (χ0) is 24.6. The Balaban J connectivity index is 1.71. The molecule has 3 nitrogen and oxygen atoms in total. The minimum Gasteiger partial charge on any atom is -0.393 e. The number of rotatable bonds is 4. The van der Waals surface area contributed by atoms with Crippen LogP contribution in [-0.2, 0) is 0 Å². The predicted molar refractivity (Wildman–Crippen MR) is 136 cm³/mol. The van der Waals surface area contributed by atoms with Gasteiger partial charge in [-0.05, 0) is 90.9 Å². The minimum atomic E-state index is -1.12. The molecule has 2 saturated carbocycles. The molecule has 2 fully saturated rings. The third-order valence-corrected chi connectivity index (χ3v) is 11.6. The average Bonchev–Trinajstić information content (AvgIpc) is 2.96. The smallest absolute Gasteiger partial charge is 0.117 e. The second kappa shape index (κ2) is 8.20. The van der Waals surface area contributed by atoms with Crippen LogP contribution in [0.3, 0.4) is 0 Å². The van der Waals surface area contributed by atoms with Crippen LogP contribution < -0.4 is 0 Å². The first-order chi connectivity index (χ1) is 15.2. The highest BCUT2D eigenvalue weighted by Crippen LogP contribution is 2.69. The molecule has 1 unspecified atom stereocenters. The number of aliphatic hydroxyl groups excluding tert-OH is 2. The zero-order valence-electron chi connectivity index (χ0n) is 22.5. The summed E-state index contributed by atoms with van der Waals surface area (Å²) in [7, 11) is 0. The van der Waals surface area contributed by atoms with Gasteiger partial charge < -0.3 is 15.3 Å². The molecular formula is C30H50O3. The van der Waals surface area contributed by atoms with Crippen molar-refractivity contribution in [3.8, 4) is 0 Å². The molecule has 0 aromatic rings. The van der Waals surface area contributed by atoms with Crippen LogP contribution in [0.1, 0.15) is 100 Å². The molecule has 0 aromatic heterocycles. The summed E-state index contributed by atoms with van der Waals surface area (Å²) in [6.45, 7) is 18.2. The van der Waals surface area contributed by atoms with Gasteiger partial charge in [0.15, 0.2) is 0 Å². The van der Waals surface area contributed by atoms with Crippen molar-refractivity contribution < 1.29 is 15.3 Å². The van der Waals surface area contributed by atoms with Gasteiger partial charge in [0.1, 0.15) is 5.60 Å². The molecule has 0 spiro atoms. The van der Waals surface area contributed by atoms with Crippen LogP contribution in [0.15, 0.2) is 23.3 Å². The van der Waals surface area contributed by atoms with E-state index in [0.717, 1.165) is 38.5 Å². The van der Waals surface area contributed by atoms with Gasteiger partial charge in [0.25, 0.3) is 0 Å². The summed E-state index contributed by atoms with van der Waals surface area (Å²) in [6.07, 6.45) is 10.1. The maximum absolute atomic E-state index is 12.4. The van der Waals surface area contributed by atoms with Gasteiger partial charge in [-0.1, -0.05) is 73.1 Å². The van der Waals surface area contributed by atoms with Crippen molar-refractivity contribution in [2.45, 2.75) is 118 Å². The maximum Gasteiger partial charge on any atom is 0.117 e. The van der Waals surface area contributed by atoms with Crippen molar-refractivity contribution in [1.29, 1.82) is 0 Å². The first kappa shape index (κ1) is 25.5. The lowest BCUT2D eigenvalue weighted by Gasteiger charge is -2.61. The lowest BCUT2D eigenvalue weighted by Crippen LogP contribution is -2.60. The third kappa shape index (κ3) is 3.46. The highest BCUT2D eigenvalue weighted by molar-refractivity contribution is 5.42. The lowest BCUT2D eigenvalue weighted by molar-refractivity contribution is -0.131. The molecule has 9 atom stereocenters. The summed E-state index contributed by atoms with van der Waals surface area (Å²) in [6, 6.07) is 0. The van der Waals surface area contributed by atoms with E-state index in [1.807, 2.05) is 0 Å². The van der Waals surface area contributed by atoms with Crippen LogP contribution >= 0.6 is 0 Å². The minimum absolute atomic E-state index is 0.0173. The number of allylic oxidation sites excluding steroid dienone is 3. The van der Waals surface area contributed by atoms with Crippen molar-refractivity contribution in [2.75, 3.05) is 0 Å². The Labute approximate surface area is 202 Å². The summed E-state index contributed by atoms with van der Waals surface area (Å²) in [5, 5.41) is 34.7. The fourth-order valence-corrected chi connectivity index (χ4v) is 8.87. The molecule has 0 saturated heterocycles. The van der Waals surface area contributed by atoms with Crippen LogP contribution in [0.5, 0.6) is 0 Å². The lowest BCUT2D eigenvalue weighted by atomic mass is 9.45. The summed E-state index contributed by atoms with van der Waals surface area (Å²) >= 11 is 0. The Bertz CT molecular complexity index is 824. The quantitative estimate of drug-likeness (QED) is 0.435. The summed E-state index contributed by atoms with van der Waals surface area (Å²) in [5.74, 6) is 2.18. The number of fused-ring (bicyclic) bond motifs is 4. The molecule has 0 heterocycles. The molecule has 4 aliphatic rings. The van der Waals surface area contributed by atoms with Crippen molar-refractivity contribution in [1.82, 2.24) is 0 Å². The molecule has 0 aromatic carbocycles. The van der Waals surface area contributed by atoms with Gasteiger partial charge >= 0.3 is 0 Å². The highest BCUT2D eigenvalue weighted by atomic mass is 16.3. The second-order valence-electron chi connectivity index (χ2n) is 13.7. The van der Waals surface area contributed by atoms with Crippen LogP contribution in [0, 0.1) is 45.8 Å². The SMILES string of the molecule is CC(C)[C@@H](C)C=C[C@@H](C)[C@H]1C[C@H](O)[C@@]2(O)C3=C(CC[C@]12C)[C@@]1(C)CC[C@H](O)C(C)(C)C1CC3. The molecule has 3 heteroatoms. The average molecular weight is 459 g/mol. The maximum atomic E-state index is 12.4. The van der Waals surface area contributed by atoms with E-state index in [9.17, 15) is 15.3 Å². The number of hydrogen-bond acceptors (Lipinski definition) is 3. The summed E-state index contributed by atoms with van der Waals surface area (Å²) < 4.78 is 0. The van der Waals surface area contributed by atoms with E-state index in [-0.39, 0.29) is 28.3 Å². The molecule has 0 aliphatic heterocycles. The van der Waals surface area contributed by atoms with E-state index in [4.69, 9.17) is 0 Å². The fourth-order valence-electron chi connectivity index (χ4n) is 8.87. The van der Waals surface area contributed by atoms with Gasteiger partial charge in [-0.25, -0.2) is 0 Å². The summed E-state index contributed by atoms with van der Waals surface area (Å²) in [5.41, 5.74) is 1.08. The third-order valence-electron chi connectivity index (χ3n) is 11.6. The first-order valence-electron chi connectivity index (χ1n) is 13.7. The Morgan fingerprint density at radius 3 is 2.15 bits per heavy atom. The van der Waals surface area contributed by atoms with Crippen LogP contribution in [0.4, 0.5) is 0 Å². The van der Waals surface area contributed by atoms with Crippen molar-refractivity contribution >= 4 is 0 Å². The standard InChI is InChI=1S/C30H50O3/c1-18(2)19(3)9-10-20(4)23-17-26(32)30(33)22-11-12-24-27(5,6)25(31)14-15-28(24,7)21(22)13-16-29(23,30)8/h9-10,18-20,23-26,31-33H,11-17H2,1-8H3/t19-,20+,23+,24?,25-,26-,28+,29+,30-/m0/s1. The molecule has 4 aliphatic carbocycles. The van der Waals surface area contributed by atoms with Gasteiger partial charge in [0, 0.05) is 5.41 Å². The van der Waals surface area contributed by atoms with Crippen molar-refractivity contribution in [3.63, 3.8) is 0 Å². The van der Waals surface area contributed by atoms with Gasteiger partial charge in [-0.3, -0.25) is 0 Å². The van der Waals surface area contributed by atoms with Crippen LogP contribution in [-0.4, -0.2) is 33.1 Å². The van der Waals surface area contributed by atoms with Crippen LogP contribution in [0.2, 0.25) is 0 Å². The molecule has 33 heavy (non-hydrogen) atoms. The Hall–Kier alpha value is -0.640. The van der Waals surface area contributed by atoms with Crippen LogP contribution in [0.25, 0.3) is 0 Å². The van der Waals surface area contributed by atoms with E-state index in [2.05, 4.69) is 67.5 Å². The molecule has 188 valence electrons. The normalized spacial score (nSPS) is 46.8. The molecule has 3 N–H and O–H groups in total. The van der Waals surface area contributed by atoms with E-state index in [1.165, 1.54) is 11.1 Å². The zero-order valence-corrected chi connectivity index (χ0v) is 22.5. The van der Waals surface area contributed by atoms with E-state index in [0.29, 0.717) is 30.1 Å². The van der Waals surface area contributed by atoms with Crippen molar-refractivity contribution in [3.05, 3.63) is 23.3 Å². The van der Waals surface area contributed by atoms with Gasteiger partial charge in [0.2, 0.25) is 0 Å². The second-order valence-corrected chi connectivity index (χ2v) is 13.7. The highest BCUT2D eigenvalue weighted by Gasteiger charge is 2.68. The molecule has 0 amide bonds. The predicted octanol–water partition coefficient (Wildman–Crippen LogP) is 6.28. The van der Waals surface area contributed by atoms with E-state index >= 15 is 0 Å². The largest absolute Gasteiger partial charge is 0.393 e. The monoisotopic (exact) mass is 458 g/mol. The van der Waals surface area contributed by atoms with Gasteiger partial charge in [-0.15, -0.1) is 0 Å². The molecule has 0 bridgehead atoms.